The van der Waals surface area contributed by atoms with Gasteiger partial charge in [0, 0.05) is 0 Å². The fourth-order valence-corrected chi connectivity index (χ4v) is 2.21. The van der Waals surface area contributed by atoms with Crippen molar-refractivity contribution in [2.24, 2.45) is 4.99 Å². The Bertz CT molecular complexity index is 483. The van der Waals surface area contributed by atoms with Crippen molar-refractivity contribution in [1.82, 2.24) is 0 Å². The van der Waals surface area contributed by atoms with Crippen LogP contribution < -0.4 is 0 Å². The van der Waals surface area contributed by atoms with E-state index in [1.807, 2.05) is 12.1 Å². The molecule has 0 unspecified atom stereocenters. The second-order valence-corrected chi connectivity index (χ2v) is 4.75. The van der Waals surface area contributed by atoms with Gasteiger partial charge in [0.25, 0.3) is 0 Å². The zero-order valence-electron chi connectivity index (χ0n) is 8.87. The Labute approximate surface area is 93.2 Å². The molecule has 0 bridgehead atoms. The maximum atomic E-state index is 13.8. The van der Waals surface area contributed by atoms with E-state index < -0.39 is 5.54 Å². The molecular formula is C13H12FNO. The van der Waals surface area contributed by atoms with Crippen LogP contribution in [0.25, 0.3) is 0 Å². The van der Waals surface area contributed by atoms with Crippen LogP contribution in [0, 0.1) is 5.82 Å². The SMILES string of the molecule is O=C=NC1(c2ccc(C3CC3)c(F)c2)CC1. The topological polar surface area (TPSA) is 29.4 Å². The van der Waals surface area contributed by atoms with Crippen molar-refractivity contribution in [2.75, 3.05) is 0 Å². The summed E-state index contributed by atoms with van der Waals surface area (Å²) in [5, 5.41) is 0. The van der Waals surface area contributed by atoms with Gasteiger partial charge < -0.3 is 0 Å². The summed E-state index contributed by atoms with van der Waals surface area (Å²) in [6.45, 7) is 0. The van der Waals surface area contributed by atoms with Gasteiger partial charge in [0.15, 0.2) is 0 Å². The third-order valence-corrected chi connectivity index (χ3v) is 3.54. The number of nitrogens with zero attached hydrogens (tertiary/aromatic N) is 1. The summed E-state index contributed by atoms with van der Waals surface area (Å²) in [6.07, 6.45) is 5.42. The monoisotopic (exact) mass is 217 g/mol. The number of aliphatic imine (C=N–C) groups is 1. The summed E-state index contributed by atoms with van der Waals surface area (Å²) in [5.41, 5.74) is 1.18. The van der Waals surface area contributed by atoms with Crippen LogP contribution in [0.5, 0.6) is 0 Å². The van der Waals surface area contributed by atoms with Crippen LogP contribution >= 0.6 is 0 Å². The zero-order chi connectivity index (χ0) is 11.2. The third kappa shape index (κ3) is 1.48. The molecule has 0 atom stereocenters. The molecule has 2 aliphatic carbocycles. The highest BCUT2D eigenvalue weighted by molar-refractivity contribution is 5.42. The lowest BCUT2D eigenvalue weighted by Gasteiger charge is -2.10. The Hall–Kier alpha value is -1.47. The molecule has 2 aliphatic rings. The number of isocyanates is 1. The molecule has 1 aromatic carbocycles. The molecule has 3 rings (SSSR count). The van der Waals surface area contributed by atoms with E-state index in [4.69, 9.17) is 0 Å². The number of rotatable bonds is 3. The average Bonchev–Trinajstić information content (AvgIpc) is 3.13. The van der Waals surface area contributed by atoms with Gasteiger partial charge in [-0.25, -0.2) is 9.18 Å². The van der Waals surface area contributed by atoms with E-state index in [1.54, 1.807) is 12.1 Å². The fourth-order valence-electron chi connectivity index (χ4n) is 2.21. The van der Waals surface area contributed by atoms with Gasteiger partial charge in [-0.1, -0.05) is 12.1 Å². The largest absolute Gasteiger partial charge is 0.235 e. The molecule has 2 saturated carbocycles. The number of benzene rings is 1. The Kier molecular flexibility index (Phi) is 1.98. The summed E-state index contributed by atoms with van der Waals surface area (Å²) >= 11 is 0. The molecule has 0 saturated heterocycles. The van der Waals surface area contributed by atoms with Crippen molar-refractivity contribution in [2.45, 2.75) is 37.1 Å². The van der Waals surface area contributed by atoms with Crippen LogP contribution in [0.2, 0.25) is 0 Å². The van der Waals surface area contributed by atoms with Crippen molar-refractivity contribution >= 4 is 6.08 Å². The normalized spacial score (nSPS) is 21.3. The highest BCUT2D eigenvalue weighted by atomic mass is 19.1. The molecular weight excluding hydrogens is 205 g/mol. The summed E-state index contributed by atoms with van der Waals surface area (Å²) in [7, 11) is 0. The van der Waals surface area contributed by atoms with Gasteiger partial charge in [-0.05, 0) is 48.8 Å². The lowest BCUT2D eigenvalue weighted by atomic mass is 10.0. The van der Waals surface area contributed by atoms with Gasteiger partial charge in [-0.15, -0.1) is 0 Å². The van der Waals surface area contributed by atoms with E-state index in [2.05, 4.69) is 4.99 Å². The van der Waals surface area contributed by atoms with Crippen LogP contribution in [0.3, 0.4) is 0 Å². The Balaban J connectivity index is 1.97. The Morgan fingerprint density at radius 3 is 2.62 bits per heavy atom. The van der Waals surface area contributed by atoms with E-state index in [-0.39, 0.29) is 5.82 Å². The minimum Gasteiger partial charge on any atom is -0.211 e. The van der Waals surface area contributed by atoms with Crippen molar-refractivity contribution in [3.63, 3.8) is 0 Å². The maximum absolute atomic E-state index is 13.8. The predicted octanol–water partition coefficient (Wildman–Crippen LogP) is 3.03. The number of hydrogen-bond acceptors (Lipinski definition) is 2. The van der Waals surface area contributed by atoms with Gasteiger partial charge >= 0.3 is 0 Å². The first kappa shape index (κ1) is 9.73. The Morgan fingerprint density at radius 2 is 2.12 bits per heavy atom. The van der Waals surface area contributed by atoms with Crippen molar-refractivity contribution in [1.29, 1.82) is 0 Å². The lowest BCUT2D eigenvalue weighted by molar-refractivity contribution is 0.555. The lowest BCUT2D eigenvalue weighted by Crippen LogP contribution is -2.03. The molecule has 0 radical (unpaired) electrons. The van der Waals surface area contributed by atoms with Gasteiger partial charge in [-0.2, -0.15) is 4.99 Å². The molecule has 0 N–H and O–H groups in total. The first-order valence-electron chi connectivity index (χ1n) is 5.64. The summed E-state index contributed by atoms with van der Waals surface area (Å²) in [5.74, 6) is 0.270. The minimum atomic E-state index is -0.454. The van der Waals surface area contributed by atoms with E-state index in [0.29, 0.717) is 5.92 Å². The van der Waals surface area contributed by atoms with E-state index in [1.165, 1.54) is 0 Å². The standard InChI is InChI=1S/C13H12FNO/c14-12-7-10(13(5-6-13)15-8-16)3-4-11(12)9-1-2-9/h3-4,7,9H,1-2,5-6H2. The summed E-state index contributed by atoms with van der Waals surface area (Å²) in [4.78, 5) is 14.1. The molecule has 2 nitrogen and oxygen atoms in total. The van der Waals surface area contributed by atoms with Crippen molar-refractivity contribution in [3.8, 4) is 0 Å². The maximum Gasteiger partial charge on any atom is 0.235 e. The highest BCUT2D eigenvalue weighted by Crippen LogP contribution is 2.50. The van der Waals surface area contributed by atoms with Gasteiger partial charge in [-0.3, -0.25) is 0 Å². The van der Waals surface area contributed by atoms with Crippen molar-refractivity contribution < 1.29 is 9.18 Å². The molecule has 82 valence electrons. The van der Waals surface area contributed by atoms with Crippen LogP contribution in [0.15, 0.2) is 23.2 Å². The number of carbonyl (C=O) groups excluding carboxylic acids is 1. The van der Waals surface area contributed by atoms with Gasteiger partial charge in [0.2, 0.25) is 6.08 Å². The van der Waals surface area contributed by atoms with E-state index in [0.717, 1.165) is 36.8 Å². The molecule has 2 fully saturated rings. The molecule has 0 aliphatic heterocycles. The molecule has 0 amide bonds. The van der Waals surface area contributed by atoms with Crippen LogP contribution in [-0.4, -0.2) is 6.08 Å². The summed E-state index contributed by atoms with van der Waals surface area (Å²) < 4.78 is 13.8. The average molecular weight is 217 g/mol. The predicted molar refractivity (Wildman–Crippen MR) is 57.4 cm³/mol. The molecule has 3 heteroatoms. The first-order valence-corrected chi connectivity index (χ1v) is 5.64. The molecule has 0 spiro atoms. The molecule has 0 aromatic heterocycles. The van der Waals surface area contributed by atoms with Gasteiger partial charge in [0.1, 0.15) is 5.82 Å². The second kappa shape index (κ2) is 3.26. The second-order valence-electron chi connectivity index (χ2n) is 4.75. The number of hydrogen-bond donors (Lipinski definition) is 0. The number of halogens is 1. The fraction of sp³-hybridized carbons (Fsp3) is 0.462. The third-order valence-electron chi connectivity index (χ3n) is 3.54. The molecule has 16 heavy (non-hydrogen) atoms. The van der Waals surface area contributed by atoms with Crippen LogP contribution in [0.1, 0.15) is 42.7 Å². The van der Waals surface area contributed by atoms with Gasteiger partial charge in [0.05, 0.1) is 5.54 Å². The van der Waals surface area contributed by atoms with E-state index in [9.17, 15) is 9.18 Å². The van der Waals surface area contributed by atoms with Crippen molar-refractivity contribution in [3.05, 3.63) is 35.1 Å². The summed E-state index contributed by atoms with van der Waals surface area (Å²) in [6, 6.07) is 5.30. The minimum absolute atomic E-state index is 0.146. The Morgan fingerprint density at radius 1 is 1.38 bits per heavy atom. The quantitative estimate of drug-likeness (QED) is 0.565. The van der Waals surface area contributed by atoms with Crippen LogP contribution in [-0.2, 0) is 10.3 Å². The first-order chi connectivity index (χ1) is 7.75. The molecule has 1 aromatic rings. The highest BCUT2D eigenvalue weighted by Gasteiger charge is 2.45. The van der Waals surface area contributed by atoms with E-state index >= 15 is 0 Å². The molecule has 0 heterocycles. The van der Waals surface area contributed by atoms with Crippen LogP contribution in [0.4, 0.5) is 4.39 Å². The zero-order valence-corrected chi connectivity index (χ0v) is 8.87. The smallest absolute Gasteiger partial charge is 0.211 e.